The van der Waals surface area contributed by atoms with E-state index in [0.717, 1.165) is 5.56 Å². The van der Waals surface area contributed by atoms with Gasteiger partial charge in [0, 0.05) is 6.92 Å². The van der Waals surface area contributed by atoms with Crippen molar-refractivity contribution in [2.45, 2.75) is 19.4 Å². The summed E-state index contributed by atoms with van der Waals surface area (Å²) in [5, 5.41) is 11.3. The highest BCUT2D eigenvalue weighted by atomic mass is 16.4. The van der Waals surface area contributed by atoms with Gasteiger partial charge in [0.15, 0.2) is 0 Å². The van der Waals surface area contributed by atoms with E-state index in [0.29, 0.717) is 0 Å². The predicted molar refractivity (Wildman–Crippen MR) is 55.3 cm³/mol. The summed E-state index contributed by atoms with van der Waals surface area (Å²) in [4.78, 5) is 21.5. The predicted octanol–water partition coefficient (Wildman–Crippen LogP) is 1.34. The first kappa shape index (κ1) is 11.2. The molecule has 0 bridgehead atoms. The van der Waals surface area contributed by atoms with Gasteiger partial charge in [-0.05, 0) is 5.56 Å². The average molecular weight is 207 g/mol. The molecule has 4 heteroatoms. The molecule has 0 aliphatic heterocycles. The molecular formula is C11H13NO3. The molecule has 0 fully saturated rings. The maximum absolute atomic E-state index is 10.9. The molecule has 0 aromatic heterocycles. The number of rotatable bonds is 4. The Bertz CT molecular complexity index is 332. The molecule has 0 heterocycles. The fourth-order valence-electron chi connectivity index (χ4n) is 1.36. The standard InChI is InChI=1S/C11H13NO3/c1-8(13)12-10(7-11(14)15)9-5-3-2-4-6-9/h2-6,10H,7H2,1H3,(H,12,13)(H,14,15)/t10-/m0/s1. The van der Waals surface area contributed by atoms with Gasteiger partial charge in [-0.25, -0.2) is 0 Å². The van der Waals surface area contributed by atoms with E-state index < -0.39 is 12.0 Å². The Balaban J connectivity index is 2.81. The fourth-order valence-corrected chi connectivity index (χ4v) is 1.36. The van der Waals surface area contributed by atoms with E-state index in [-0.39, 0.29) is 12.3 Å². The number of aliphatic carboxylic acids is 1. The SMILES string of the molecule is CC(=O)N[C@@H](CC(=O)O)c1ccccc1. The number of carboxylic acid groups (broad SMARTS) is 1. The van der Waals surface area contributed by atoms with Crippen LogP contribution in [0.3, 0.4) is 0 Å². The first-order valence-corrected chi connectivity index (χ1v) is 4.63. The smallest absolute Gasteiger partial charge is 0.305 e. The van der Waals surface area contributed by atoms with Crippen LogP contribution in [0.2, 0.25) is 0 Å². The molecule has 0 spiro atoms. The Labute approximate surface area is 87.9 Å². The molecule has 1 rings (SSSR count). The number of carbonyl (C=O) groups excluding carboxylic acids is 1. The molecule has 0 unspecified atom stereocenters. The monoisotopic (exact) mass is 207 g/mol. The van der Waals surface area contributed by atoms with Crippen LogP contribution >= 0.6 is 0 Å². The van der Waals surface area contributed by atoms with Crippen molar-refractivity contribution in [1.82, 2.24) is 5.32 Å². The number of hydrogen-bond acceptors (Lipinski definition) is 2. The summed E-state index contributed by atoms with van der Waals surface area (Å²) in [7, 11) is 0. The molecule has 0 saturated carbocycles. The van der Waals surface area contributed by atoms with Gasteiger partial charge in [-0.2, -0.15) is 0 Å². The van der Waals surface area contributed by atoms with E-state index in [2.05, 4.69) is 5.32 Å². The Morgan fingerprint density at radius 1 is 1.33 bits per heavy atom. The molecule has 15 heavy (non-hydrogen) atoms. The lowest BCUT2D eigenvalue weighted by Gasteiger charge is -2.15. The van der Waals surface area contributed by atoms with Gasteiger partial charge in [-0.1, -0.05) is 30.3 Å². The van der Waals surface area contributed by atoms with Crippen LogP contribution in [-0.2, 0) is 9.59 Å². The molecule has 2 N–H and O–H groups in total. The Kier molecular flexibility index (Phi) is 3.85. The zero-order valence-corrected chi connectivity index (χ0v) is 8.43. The first-order chi connectivity index (χ1) is 7.09. The van der Waals surface area contributed by atoms with E-state index in [9.17, 15) is 9.59 Å². The molecule has 0 aliphatic carbocycles. The number of carbonyl (C=O) groups is 2. The van der Waals surface area contributed by atoms with E-state index in [1.54, 1.807) is 12.1 Å². The summed E-state index contributed by atoms with van der Waals surface area (Å²) in [6, 6.07) is 8.60. The summed E-state index contributed by atoms with van der Waals surface area (Å²) in [6.07, 6.45) is -0.108. The largest absolute Gasteiger partial charge is 0.481 e. The van der Waals surface area contributed by atoms with Crippen molar-refractivity contribution in [2.24, 2.45) is 0 Å². The summed E-state index contributed by atoms with van der Waals surface area (Å²) in [5.41, 5.74) is 0.801. The van der Waals surface area contributed by atoms with Crippen molar-refractivity contribution in [3.63, 3.8) is 0 Å². The van der Waals surface area contributed by atoms with E-state index >= 15 is 0 Å². The maximum Gasteiger partial charge on any atom is 0.305 e. The second kappa shape index (κ2) is 5.14. The second-order valence-corrected chi connectivity index (χ2v) is 3.26. The minimum atomic E-state index is -0.933. The molecular weight excluding hydrogens is 194 g/mol. The Morgan fingerprint density at radius 3 is 2.40 bits per heavy atom. The first-order valence-electron chi connectivity index (χ1n) is 4.63. The van der Waals surface area contributed by atoms with Gasteiger partial charge in [-0.3, -0.25) is 9.59 Å². The summed E-state index contributed by atoms with van der Waals surface area (Å²) >= 11 is 0. The lowest BCUT2D eigenvalue weighted by Crippen LogP contribution is -2.27. The third-order valence-corrected chi connectivity index (χ3v) is 1.96. The van der Waals surface area contributed by atoms with Crippen molar-refractivity contribution in [3.05, 3.63) is 35.9 Å². The number of benzene rings is 1. The second-order valence-electron chi connectivity index (χ2n) is 3.26. The zero-order chi connectivity index (χ0) is 11.3. The van der Waals surface area contributed by atoms with Crippen molar-refractivity contribution >= 4 is 11.9 Å². The summed E-state index contributed by atoms with van der Waals surface area (Å²) in [6.45, 7) is 1.37. The van der Waals surface area contributed by atoms with Gasteiger partial charge in [0.05, 0.1) is 12.5 Å². The van der Waals surface area contributed by atoms with Crippen LogP contribution in [0.5, 0.6) is 0 Å². The molecule has 1 aromatic rings. The molecule has 0 saturated heterocycles. The number of hydrogen-bond donors (Lipinski definition) is 2. The Hall–Kier alpha value is -1.84. The third-order valence-electron chi connectivity index (χ3n) is 1.96. The molecule has 4 nitrogen and oxygen atoms in total. The molecule has 80 valence electrons. The van der Waals surface area contributed by atoms with Crippen LogP contribution in [0.15, 0.2) is 30.3 Å². The van der Waals surface area contributed by atoms with Crippen LogP contribution in [0.25, 0.3) is 0 Å². The van der Waals surface area contributed by atoms with Gasteiger partial charge >= 0.3 is 5.97 Å². The Morgan fingerprint density at radius 2 is 1.93 bits per heavy atom. The van der Waals surface area contributed by atoms with Gasteiger partial charge in [0.2, 0.25) is 5.91 Å². The van der Waals surface area contributed by atoms with Crippen LogP contribution < -0.4 is 5.32 Å². The number of nitrogens with one attached hydrogen (secondary N) is 1. The van der Waals surface area contributed by atoms with Crippen LogP contribution in [0.4, 0.5) is 0 Å². The lowest BCUT2D eigenvalue weighted by atomic mass is 10.0. The van der Waals surface area contributed by atoms with Crippen LogP contribution in [0.1, 0.15) is 24.9 Å². The van der Waals surface area contributed by atoms with Gasteiger partial charge in [0.1, 0.15) is 0 Å². The maximum atomic E-state index is 10.9. The van der Waals surface area contributed by atoms with E-state index in [4.69, 9.17) is 5.11 Å². The lowest BCUT2D eigenvalue weighted by molar-refractivity contribution is -0.137. The van der Waals surface area contributed by atoms with Crippen LogP contribution in [-0.4, -0.2) is 17.0 Å². The highest BCUT2D eigenvalue weighted by molar-refractivity contribution is 5.75. The summed E-state index contributed by atoms with van der Waals surface area (Å²) < 4.78 is 0. The quantitative estimate of drug-likeness (QED) is 0.782. The minimum Gasteiger partial charge on any atom is -0.481 e. The molecule has 1 aromatic carbocycles. The number of carboxylic acids is 1. The van der Waals surface area contributed by atoms with Crippen molar-refractivity contribution < 1.29 is 14.7 Å². The molecule has 1 atom stereocenters. The van der Waals surface area contributed by atoms with Crippen molar-refractivity contribution in [3.8, 4) is 0 Å². The zero-order valence-electron chi connectivity index (χ0n) is 8.43. The molecule has 1 amide bonds. The molecule has 0 radical (unpaired) electrons. The van der Waals surface area contributed by atoms with E-state index in [1.165, 1.54) is 6.92 Å². The third kappa shape index (κ3) is 3.81. The minimum absolute atomic E-state index is 0.108. The van der Waals surface area contributed by atoms with Crippen LogP contribution in [0, 0.1) is 0 Å². The highest BCUT2D eigenvalue weighted by Gasteiger charge is 2.15. The van der Waals surface area contributed by atoms with Crippen molar-refractivity contribution in [2.75, 3.05) is 0 Å². The normalized spacial score (nSPS) is 11.8. The van der Waals surface area contributed by atoms with Crippen molar-refractivity contribution in [1.29, 1.82) is 0 Å². The van der Waals surface area contributed by atoms with Gasteiger partial charge < -0.3 is 10.4 Å². The topological polar surface area (TPSA) is 66.4 Å². The highest BCUT2D eigenvalue weighted by Crippen LogP contribution is 2.16. The fraction of sp³-hybridized carbons (Fsp3) is 0.273. The number of amides is 1. The van der Waals surface area contributed by atoms with Gasteiger partial charge in [0.25, 0.3) is 0 Å². The van der Waals surface area contributed by atoms with Gasteiger partial charge in [-0.15, -0.1) is 0 Å². The molecule has 0 aliphatic rings. The average Bonchev–Trinajstić information content (AvgIpc) is 2.17. The summed E-state index contributed by atoms with van der Waals surface area (Å²) in [5.74, 6) is -1.16. The van der Waals surface area contributed by atoms with E-state index in [1.807, 2.05) is 18.2 Å².